The summed E-state index contributed by atoms with van der Waals surface area (Å²) in [6.07, 6.45) is 0.783. The molecule has 0 bridgehead atoms. The van der Waals surface area contributed by atoms with E-state index < -0.39 is 0 Å². The molecule has 6 nitrogen and oxygen atoms in total. The van der Waals surface area contributed by atoms with Crippen molar-refractivity contribution in [3.05, 3.63) is 74.4 Å². The lowest BCUT2D eigenvalue weighted by atomic mass is 9.91. The highest BCUT2D eigenvalue weighted by Crippen LogP contribution is 2.42. The lowest BCUT2D eigenvalue weighted by molar-refractivity contribution is -0.117. The first kappa shape index (κ1) is 22.2. The van der Waals surface area contributed by atoms with Gasteiger partial charge in [-0.1, -0.05) is 17.7 Å². The molecule has 2 aromatic carbocycles. The van der Waals surface area contributed by atoms with Crippen molar-refractivity contribution in [1.29, 1.82) is 5.26 Å². The molecule has 1 aromatic heterocycles. The van der Waals surface area contributed by atoms with Gasteiger partial charge in [-0.05, 0) is 59.3 Å². The molecule has 2 heterocycles. The summed E-state index contributed by atoms with van der Waals surface area (Å²) in [5.74, 6) is 1.17. The first-order valence-electron chi connectivity index (χ1n) is 10.1. The van der Waals surface area contributed by atoms with Crippen LogP contribution in [0, 0.1) is 11.3 Å². The Morgan fingerprint density at radius 1 is 1.25 bits per heavy atom. The van der Waals surface area contributed by atoms with Crippen LogP contribution in [-0.2, 0) is 11.2 Å². The Morgan fingerprint density at radius 2 is 2.03 bits per heavy atom. The lowest BCUT2D eigenvalue weighted by Gasteiger charge is -2.37. The second kappa shape index (κ2) is 9.61. The number of anilines is 1. The van der Waals surface area contributed by atoms with Gasteiger partial charge in [-0.2, -0.15) is 5.26 Å². The number of hydrogen-bond acceptors (Lipinski definition) is 6. The fourth-order valence-electron chi connectivity index (χ4n) is 4.04. The van der Waals surface area contributed by atoms with E-state index in [1.807, 2.05) is 23.6 Å². The van der Waals surface area contributed by atoms with Gasteiger partial charge in [-0.15, -0.1) is 11.3 Å². The number of nitriles is 1. The van der Waals surface area contributed by atoms with Crippen LogP contribution in [0.15, 0.2) is 47.8 Å². The third-order valence-electron chi connectivity index (χ3n) is 5.51. The summed E-state index contributed by atoms with van der Waals surface area (Å²) in [5, 5.41) is 14.7. The predicted molar refractivity (Wildman–Crippen MR) is 126 cm³/mol. The SMILES string of the molecule is COc1cc2c(cc1OC)[C@H](c1cccs1)N(CC(=O)Nc1cc(Cl)ccc1C#N)CC2. The number of carbonyl (C=O) groups is 1. The molecule has 0 unspecified atom stereocenters. The van der Waals surface area contributed by atoms with Gasteiger partial charge in [0.2, 0.25) is 5.91 Å². The number of thiophene rings is 1. The lowest BCUT2D eigenvalue weighted by Crippen LogP contribution is -2.41. The molecular formula is C24H22ClN3O3S. The zero-order chi connectivity index (χ0) is 22.7. The summed E-state index contributed by atoms with van der Waals surface area (Å²) in [6, 6.07) is 15.0. The highest BCUT2D eigenvalue weighted by Gasteiger charge is 2.32. The van der Waals surface area contributed by atoms with Crippen LogP contribution in [0.1, 0.15) is 27.6 Å². The number of amides is 1. The maximum atomic E-state index is 13.0. The number of fused-ring (bicyclic) bond motifs is 1. The summed E-state index contributed by atoms with van der Waals surface area (Å²) < 4.78 is 11.0. The third kappa shape index (κ3) is 4.44. The number of rotatable bonds is 6. The fraction of sp³-hybridized carbons (Fsp3) is 0.250. The number of carbonyl (C=O) groups excluding carboxylic acids is 1. The van der Waals surface area contributed by atoms with Gasteiger partial charge in [0, 0.05) is 16.4 Å². The van der Waals surface area contributed by atoms with Crippen LogP contribution in [0.5, 0.6) is 11.5 Å². The van der Waals surface area contributed by atoms with Crippen LogP contribution in [0.2, 0.25) is 5.02 Å². The van der Waals surface area contributed by atoms with Gasteiger partial charge in [0.15, 0.2) is 11.5 Å². The molecule has 0 saturated carbocycles. The van der Waals surface area contributed by atoms with Crippen molar-refractivity contribution in [2.24, 2.45) is 0 Å². The van der Waals surface area contributed by atoms with Crippen LogP contribution in [0.3, 0.4) is 0 Å². The molecule has 8 heteroatoms. The van der Waals surface area contributed by atoms with Gasteiger partial charge in [-0.3, -0.25) is 9.69 Å². The van der Waals surface area contributed by atoms with E-state index in [1.165, 1.54) is 5.56 Å². The Balaban J connectivity index is 1.64. The van der Waals surface area contributed by atoms with E-state index in [0.717, 1.165) is 16.9 Å². The Kier molecular flexibility index (Phi) is 6.66. The largest absolute Gasteiger partial charge is 0.493 e. The van der Waals surface area contributed by atoms with Crippen LogP contribution in [-0.4, -0.2) is 38.1 Å². The van der Waals surface area contributed by atoms with E-state index >= 15 is 0 Å². The normalized spacial score (nSPS) is 15.5. The molecule has 1 aliphatic rings. The molecule has 164 valence electrons. The molecule has 1 amide bonds. The number of halogens is 1. The Hall–Kier alpha value is -3.05. The minimum atomic E-state index is -0.200. The molecule has 0 fully saturated rings. The fourth-order valence-corrected chi connectivity index (χ4v) is 5.09. The van der Waals surface area contributed by atoms with Crippen molar-refractivity contribution < 1.29 is 14.3 Å². The first-order valence-corrected chi connectivity index (χ1v) is 11.3. The maximum absolute atomic E-state index is 13.0. The van der Waals surface area contributed by atoms with E-state index in [4.69, 9.17) is 21.1 Å². The standard InChI is InChI=1S/C24H22ClN3O3S/c1-30-20-10-15-7-8-28(14-23(29)27-19-11-17(25)6-5-16(19)13-26)24(22-4-3-9-32-22)18(15)12-21(20)31-2/h3-6,9-12,24H,7-8,14H2,1-2H3,(H,27,29)/t24-/m1/s1. The number of ether oxygens (including phenoxy) is 2. The predicted octanol–water partition coefficient (Wildman–Crippen LogP) is 4.88. The second-order valence-corrected chi connectivity index (χ2v) is 8.81. The minimum Gasteiger partial charge on any atom is -0.493 e. The molecule has 1 atom stereocenters. The third-order valence-corrected chi connectivity index (χ3v) is 6.67. The van der Waals surface area contributed by atoms with Crippen molar-refractivity contribution in [3.63, 3.8) is 0 Å². The number of methoxy groups -OCH3 is 2. The van der Waals surface area contributed by atoms with Crippen LogP contribution in [0.4, 0.5) is 5.69 Å². The van der Waals surface area contributed by atoms with Gasteiger partial charge in [0.1, 0.15) is 6.07 Å². The van der Waals surface area contributed by atoms with E-state index in [9.17, 15) is 10.1 Å². The van der Waals surface area contributed by atoms with Gasteiger partial charge in [0.25, 0.3) is 0 Å². The van der Waals surface area contributed by atoms with Crippen molar-refractivity contribution >= 4 is 34.5 Å². The highest BCUT2D eigenvalue weighted by atomic mass is 35.5. The summed E-state index contributed by atoms with van der Waals surface area (Å²) in [5.41, 5.74) is 3.07. The zero-order valence-corrected chi connectivity index (χ0v) is 19.3. The van der Waals surface area contributed by atoms with Crippen molar-refractivity contribution in [1.82, 2.24) is 4.90 Å². The molecule has 0 saturated heterocycles. The number of hydrogen-bond donors (Lipinski definition) is 1. The molecule has 0 spiro atoms. The number of benzene rings is 2. The molecule has 32 heavy (non-hydrogen) atoms. The number of nitrogens with zero attached hydrogens (tertiary/aromatic N) is 2. The van der Waals surface area contributed by atoms with E-state index in [-0.39, 0.29) is 18.5 Å². The number of nitrogens with one attached hydrogen (secondary N) is 1. The maximum Gasteiger partial charge on any atom is 0.238 e. The Morgan fingerprint density at radius 3 is 2.72 bits per heavy atom. The second-order valence-electron chi connectivity index (χ2n) is 7.39. The van der Waals surface area contributed by atoms with Gasteiger partial charge in [-0.25, -0.2) is 0 Å². The first-order chi connectivity index (χ1) is 15.5. The summed E-state index contributed by atoms with van der Waals surface area (Å²) in [7, 11) is 3.25. The van der Waals surface area contributed by atoms with Crippen molar-refractivity contribution in [2.45, 2.75) is 12.5 Å². The molecule has 0 radical (unpaired) electrons. The van der Waals surface area contributed by atoms with E-state index in [2.05, 4.69) is 22.4 Å². The minimum absolute atomic E-state index is 0.0842. The molecule has 0 aliphatic carbocycles. The Labute approximate surface area is 195 Å². The van der Waals surface area contributed by atoms with Crippen LogP contribution < -0.4 is 14.8 Å². The molecule has 3 aromatic rings. The van der Waals surface area contributed by atoms with E-state index in [1.54, 1.807) is 43.8 Å². The molecular weight excluding hydrogens is 446 g/mol. The average Bonchev–Trinajstić information content (AvgIpc) is 3.32. The molecule has 4 rings (SSSR count). The molecule has 1 N–H and O–H groups in total. The highest BCUT2D eigenvalue weighted by molar-refractivity contribution is 7.10. The van der Waals surface area contributed by atoms with Gasteiger partial charge < -0.3 is 14.8 Å². The summed E-state index contributed by atoms with van der Waals surface area (Å²) in [4.78, 5) is 16.3. The zero-order valence-electron chi connectivity index (χ0n) is 17.7. The Bertz CT molecular complexity index is 1170. The monoisotopic (exact) mass is 467 g/mol. The van der Waals surface area contributed by atoms with Crippen molar-refractivity contribution in [3.8, 4) is 17.6 Å². The van der Waals surface area contributed by atoms with Gasteiger partial charge >= 0.3 is 0 Å². The van der Waals surface area contributed by atoms with Crippen LogP contribution in [0.25, 0.3) is 0 Å². The summed E-state index contributed by atoms with van der Waals surface area (Å²) >= 11 is 7.71. The van der Waals surface area contributed by atoms with Crippen LogP contribution >= 0.6 is 22.9 Å². The van der Waals surface area contributed by atoms with Crippen molar-refractivity contribution in [2.75, 3.05) is 32.6 Å². The topological polar surface area (TPSA) is 74.6 Å². The quantitative estimate of drug-likeness (QED) is 0.559. The summed E-state index contributed by atoms with van der Waals surface area (Å²) in [6.45, 7) is 0.882. The average molecular weight is 468 g/mol. The van der Waals surface area contributed by atoms with E-state index in [0.29, 0.717) is 34.3 Å². The molecule has 1 aliphatic heterocycles. The van der Waals surface area contributed by atoms with Gasteiger partial charge in [0.05, 0.1) is 38.1 Å². The smallest absolute Gasteiger partial charge is 0.238 e.